The smallest absolute Gasteiger partial charge is 0.0969 e. The molecular formula is C26H34O. The highest BCUT2D eigenvalue weighted by molar-refractivity contribution is 5.39. The highest BCUT2D eigenvalue weighted by Gasteiger charge is 2.45. The van der Waals surface area contributed by atoms with Crippen LogP contribution in [0, 0.1) is 31.6 Å². The highest BCUT2D eigenvalue weighted by atomic mass is 16.3. The van der Waals surface area contributed by atoms with Gasteiger partial charge in [-0.25, -0.2) is 0 Å². The van der Waals surface area contributed by atoms with Gasteiger partial charge in [0, 0.05) is 6.42 Å². The van der Waals surface area contributed by atoms with E-state index in [4.69, 9.17) is 0 Å². The Kier molecular flexibility index (Phi) is 5.41. The quantitative estimate of drug-likeness (QED) is 0.673. The molecule has 2 atom stereocenters. The molecule has 0 aliphatic heterocycles. The van der Waals surface area contributed by atoms with E-state index in [9.17, 15) is 5.11 Å². The molecule has 2 bridgehead atoms. The van der Waals surface area contributed by atoms with Crippen molar-refractivity contribution in [2.45, 2.75) is 70.8 Å². The number of rotatable bonds is 4. The number of aryl methyl sites for hydroxylation is 1. The molecule has 3 fully saturated rings. The van der Waals surface area contributed by atoms with Gasteiger partial charge in [0.25, 0.3) is 0 Å². The Morgan fingerprint density at radius 2 is 1.59 bits per heavy atom. The molecule has 2 aromatic carbocycles. The Morgan fingerprint density at radius 3 is 2.33 bits per heavy atom. The average molecular weight is 363 g/mol. The fourth-order valence-electron chi connectivity index (χ4n) is 5.92. The Hall–Kier alpha value is -1.60. The van der Waals surface area contributed by atoms with Crippen LogP contribution in [-0.4, -0.2) is 5.11 Å². The Morgan fingerprint density at radius 1 is 0.852 bits per heavy atom. The first-order valence-corrected chi connectivity index (χ1v) is 10.9. The van der Waals surface area contributed by atoms with E-state index in [0.717, 1.165) is 18.8 Å². The summed E-state index contributed by atoms with van der Waals surface area (Å²) in [4.78, 5) is 0. The fourth-order valence-corrected chi connectivity index (χ4v) is 5.92. The molecule has 1 nitrogen and oxygen atoms in total. The molecule has 2 unspecified atom stereocenters. The molecule has 27 heavy (non-hydrogen) atoms. The van der Waals surface area contributed by atoms with Gasteiger partial charge < -0.3 is 5.11 Å². The third-order valence-electron chi connectivity index (χ3n) is 7.59. The van der Waals surface area contributed by atoms with Gasteiger partial charge in [0.1, 0.15) is 0 Å². The van der Waals surface area contributed by atoms with Crippen LogP contribution in [0.2, 0.25) is 0 Å². The maximum Gasteiger partial charge on any atom is 0.0969 e. The number of fused-ring (bicyclic) bond motifs is 5. The zero-order valence-corrected chi connectivity index (χ0v) is 17.0. The summed E-state index contributed by atoms with van der Waals surface area (Å²) < 4.78 is 0. The maximum absolute atomic E-state index is 12.4. The summed E-state index contributed by atoms with van der Waals surface area (Å²) in [7, 11) is 0. The zero-order valence-electron chi connectivity index (χ0n) is 17.0. The summed E-state index contributed by atoms with van der Waals surface area (Å²) in [5.74, 6) is 1.97. The lowest BCUT2D eigenvalue weighted by atomic mass is 9.61. The second-order valence-corrected chi connectivity index (χ2v) is 9.15. The fraction of sp³-hybridized carbons (Fsp3) is 0.538. The molecule has 3 aliphatic rings. The van der Waals surface area contributed by atoms with Crippen LogP contribution in [0.25, 0.3) is 0 Å². The molecule has 144 valence electrons. The van der Waals surface area contributed by atoms with E-state index in [0.29, 0.717) is 11.8 Å². The molecule has 0 heterocycles. The first-order chi connectivity index (χ1) is 13.1. The molecule has 1 heteroatoms. The molecule has 5 rings (SSSR count). The Balaban J connectivity index is 1.78. The van der Waals surface area contributed by atoms with Crippen LogP contribution >= 0.6 is 0 Å². The average Bonchev–Trinajstić information content (AvgIpc) is 2.65. The maximum atomic E-state index is 12.4. The predicted octanol–water partition coefficient (Wildman–Crippen LogP) is 6.34. The van der Waals surface area contributed by atoms with Crippen LogP contribution in [0.5, 0.6) is 0 Å². The summed E-state index contributed by atoms with van der Waals surface area (Å²) in [5.41, 5.74) is 4.20. The molecule has 3 saturated carbocycles. The van der Waals surface area contributed by atoms with Crippen LogP contribution in [0.3, 0.4) is 0 Å². The van der Waals surface area contributed by atoms with Crippen LogP contribution in [0.1, 0.15) is 67.2 Å². The third-order valence-corrected chi connectivity index (χ3v) is 7.59. The summed E-state index contributed by atoms with van der Waals surface area (Å²) in [6.07, 6.45) is 9.87. The van der Waals surface area contributed by atoms with Crippen molar-refractivity contribution < 1.29 is 5.11 Å². The molecule has 0 radical (unpaired) electrons. The van der Waals surface area contributed by atoms with Gasteiger partial charge in [-0.15, -0.1) is 0 Å². The first-order valence-electron chi connectivity index (χ1n) is 10.9. The van der Waals surface area contributed by atoms with E-state index >= 15 is 0 Å². The number of aliphatic hydroxyl groups is 1. The van der Waals surface area contributed by atoms with Crippen molar-refractivity contribution >= 4 is 0 Å². The van der Waals surface area contributed by atoms with Gasteiger partial charge in [0.2, 0.25) is 0 Å². The van der Waals surface area contributed by atoms with Crippen molar-refractivity contribution in [2.75, 3.05) is 0 Å². The zero-order chi connectivity index (χ0) is 18.9. The van der Waals surface area contributed by atoms with Crippen LogP contribution in [0.15, 0.2) is 48.5 Å². The summed E-state index contributed by atoms with van der Waals surface area (Å²) in [5, 5.41) is 12.4. The topological polar surface area (TPSA) is 20.2 Å². The Labute approximate surface area is 164 Å². The Bertz CT molecular complexity index is 754. The predicted molar refractivity (Wildman–Crippen MR) is 113 cm³/mol. The number of benzene rings is 2. The van der Waals surface area contributed by atoms with E-state index in [1.165, 1.54) is 60.8 Å². The van der Waals surface area contributed by atoms with Gasteiger partial charge in [0.05, 0.1) is 5.60 Å². The molecule has 2 aromatic rings. The second kappa shape index (κ2) is 7.80. The monoisotopic (exact) mass is 362 g/mol. The largest absolute Gasteiger partial charge is 0.385 e. The van der Waals surface area contributed by atoms with E-state index in [1.807, 2.05) is 0 Å². The SMILES string of the molecule is Cc1cccc(C(O)(Cc2ccccc2)C2CCCC3CCC2CC3)c1C. The van der Waals surface area contributed by atoms with Crippen molar-refractivity contribution in [3.63, 3.8) is 0 Å². The molecule has 0 saturated heterocycles. The van der Waals surface area contributed by atoms with Gasteiger partial charge in [0.15, 0.2) is 0 Å². The molecule has 1 N–H and O–H groups in total. The summed E-state index contributed by atoms with van der Waals surface area (Å²) in [6, 6.07) is 17.1. The van der Waals surface area contributed by atoms with E-state index in [-0.39, 0.29) is 0 Å². The molecule has 0 aromatic heterocycles. The minimum absolute atomic E-state index is 0.361. The minimum atomic E-state index is -0.772. The van der Waals surface area contributed by atoms with Gasteiger partial charge in [-0.3, -0.25) is 0 Å². The summed E-state index contributed by atoms with van der Waals surface area (Å²) >= 11 is 0. The third kappa shape index (κ3) is 3.72. The lowest BCUT2D eigenvalue weighted by Crippen LogP contribution is -2.44. The number of hydrogen-bond acceptors (Lipinski definition) is 1. The van der Waals surface area contributed by atoms with Crippen molar-refractivity contribution in [1.29, 1.82) is 0 Å². The summed E-state index contributed by atoms with van der Waals surface area (Å²) in [6.45, 7) is 4.37. The molecule has 0 amide bonds. The first kappa shape index (κ1) is 18.7. The second-order valence-electron chi connectivity index (χ2n) is 9.15. The van der Waals surface area contributed by atoms with E-state index < -0.39 is 5.60 Å². The van der Waals surface area contributed by atoms with Crippen molar-refractivity contribution in [3.05, 3.63) is 70.8 Å². The van der Waals surface area contributed by atoms with Gasteiger partial charge >= 0.3 is 0 Å². The standard InChI is InChI=1S/C26H34O/c1-19-8-6-12-24(20(19)2)26(27,18-22-9-4-3-5-10-22)25-13-7-11-21-14-16-23(25)17-15-21/h3-6,8-10,12,21,23,25,27H,7,11,13-18H2,1-2H3. The molecule has 3 aliphatic carbocycles. The molecular weight excluding hydrogens is 328 g/mol. The lowest BCUT2D eigenvalue weighted by molar-refractivity contribution is -0.0690. The van der Waals surface area contributed by atoms with Crippen LogP contribution in [-0.2, 0) is 12.0 Å². The minimum Gasteiger partial charge on any atom is -0.385 e. The van der Waals surface area contributed by atoms with Crippen molar-refractivity contribution in [3.8, 4) is 0 Å². The van der Waals surface area contributed by atoms with E-state index in [1.54, 1.807) is 0 Å². The van der Waals surface area contributed by atoms with Gasteiger partial charge in [-0.1, -0.05) is 74.2 Å². The normalized spacial score (nSPS) is 27.6. The van der Waals surface area contributed by atoms with Crippen molar-refractivity contribution in [1.82, 2.24) is 0 Å². The van der Waals surface area contributed by atoms with Gasteiger partial charge in [-0.05, 0) is 73.1 Å². The van der Waals surface area contributed by atoms with Crippen LogP contribution < -0.4 is 0 Å². The van der Waals surface area contributed by atoms with Crippen molar-refractivity contribution in [2.24, 2.45) is 17.8 Å². The van der Waals surface area contributed by atoms with E-state index in [2.05, 4.69) is 62.4 Å². The molecule has 0 spiro atoms. The van der Waals surface area contributed by atoms with Crippen LogP contribution in [0.4, 0.5) is 0 Å². The lowest BCUT2D eigenvalue weighted by Gasteiger charge is -2.46. The number of hydrogen-bond donors (Lipinski definition) is 1. The van der Waals surface area contributed by atoms with Gasteiger partial charge in [-0.2, -0.15) is 0 Å². The highest BCUT2D eigenvalue weighted by Crippen LogP contribution is 2.49.